The summed E-state index contributed by atoms with van der Waals surface area (Å²) in [4.78, 5) is 12.4. The molecule has 1 N–H and O–H groups in total. The first-order valence-electron chi connectivity index (χ1n) is 11.6. The number of rotatable bonds is 5. The van der Waals surface area contributed by atoms with Gasteiger partial charge in [0.2, 0.25) is 10.0 Å². The zero-order chi connectivity index (χ0) is 27.4. The monoisotopic (exact) mass is 547 g/mol. The lowest BCUT2D eigenvalue weighted by molar-refractivity contribution is -0.303. The molecule has 6 nitrogen and oxygen atoms in total. The number of carbonyl (C=O) groups excluding carboxylic acids is 1. The van der Waals surface area contributed by atoms with E-state index in [4.69, 9.17) is 0 Å². The number of halogens is 5. The summed E-state index contributed by atoms with van der Waals surface area (Å²) in [6, 6.07) is 9.29. The highest BCUT2D eigenvalue weighted by Crippen LogP contribution is 2.58. The van der Waals surface area contributed by atoms with E-state index in [0.717, 1.165) is 11.4 Å². The molecule has 0 unspecified atom stereocenters. The molecule has 37 heavy (non-hydrogen) atoms. The summed E-state index contributed by atoms with van der Waals surface area (Å²) in [6.45, 7) is 1.15. The van der Waals surface area contributed by atoms with Gasteiger partial charge in [0.05, 0.1) is 7.11 Å². The number of ether oxygens (including phenoxy) is 1. The molecule has 2 aliphatic rings. The molecule has 2 fully saturated rings. The number of carbonyl (C=O) groups is 1. The van der Waals surface area contributed by atoms with Crippen LogP contribution in [-0.2, 0) is 31.5 Å². The second-order valence-corrected chi connectivity index (χ2v) is 11.9. The van der Waals surface area contributed by atoms with Crippen molar-refractivity contribution in [1.82, 2.24) is 4.31 Å². The van der Waals surface area contributed by atoms with Gasteiger partial charge in [-0.3, -0.25) is 4.79 Å². The molecule has 202 valence electrons. The van der Waals surface area contributed by atoms with E-state index in [9.17, 15) is 31.5 Å². The van der Waals surface area contributed by atoms with Crippen molar-refractivity contribution in [2.75, 3.05) is 7.11 Å². The largest absolute Gasteiger partial charge is 0.468 e. The first kappa shape index (κ1) is 27.5. The van der Waals surface area contributed by atoms with Crippen molar-refractivity contribution < 1.29 is 45.0 Å². The summed E-state index contributed by atoms with van der Waals surface area (Å²) in [5, 5.41) is 9.04. The van der Waals surface area contributed by atoms with Gasteiger partial charge in [-0.05, 0) is 37.5 Å². The molecule has 4 rings (SSSR count). The Bertz CT molecular complexity index is 1290. The van der Waals surface area contributed by atoms with Gasteiger partial charge in [-0.1, -0.05) is 30.3 Å². The van der Waals surface area contributed by atoms with Crippen molar-refractivity contribution in [3.05, 3.63) is 70.8 Å². The highest BCUT2D eigenvalue weighted by atomic mass is 32.2. The van der Waals surface area contributed by atoms with Crippen LogP contribution in [0.4, 0.5) is 22.0 Å². The number of sulfonamides is 1. The van der Waals surface area contributed by atoms with E-state index in [2.05, 4.69) is 4.74 Å². The molecule has 0 spiro atoms. The maximum Gasteiger partial charge on any atom is 0.417 e. The van der Waals surface area contributed by atoms with Gasteiger partial charge in [0, 0.05) is 36.6 Å². The number of esters is 1. The van der Waals surface area contributed by atoms with Gasteiger partial charge in [0.25, 0.3) is 0 Å². The van der Waals surface area contributed by atoms with Gasteiger partial charge in [0.15, 0.2) is 5.60 Å². The van der Waals surface area contributed by atoms with Gasteiger partial charge >= 0.3 is 12.1 Å². The molecule has 1 heterocycles. The number of hydrogen-bond donors (Lipinski definition) is 1. The third kappa shape index (κ3) is 4.52. The van der Waals surface area contributed by atoms with E-state index < -0.39 is 81.1 Å². The molecule has 1 saturated carbocycles. The van der Waals surface area contributed by atoms with Gasteiger partial charge in [-0.2, -0.15) is 17.5 Å². The Balaban J connectivity index is 1.67. The van der Waals surface area contributed by atoms with Gasteiger partial charge < -0.3 is 9.84 Å². The van der Waals surface area contributed by atoms with Gasteiger partial charge in [0.1, 0.15) is 22.3 Å². The first-order chi connectivity index (χ1) is 17.2. The normalized spacial score (nSPS) is 29.9. The summed E-state index contributed by atoms with van der Waals surface area (Å²) >= 11 is 0. The Hall–Kier alpha value is -2.57. The standard InChI is InChI=1S/C25H26F5NO5S/c1-15-8-9-21(16-6-4-3-5-7-16)37(34,35)31(15)12-17-10-20(27)18(11-19(17)26)23(22(32)36-2)13-24(33,14-23)25(28,29)30/h3-7,10-11,15,21,33H,8-9,12-14H2,1-2H3/t15-,21+,23?,24?/m0/s1. The Kier molecular flexibility index (Phi) is 6.92. The lowest BCUT2D eigenvalue weighted by atomic mass is 9.55. The van der Waals surface area contributed by atoms with E-state index in [1.807, 2.05) is 0 Å². The number of methoxy groups -OCH3 is 1. The molecule has 0 bridgehead atoms. The van der Waals surface area contributed by atoms with Crippen LogP contribution in [0.5, 0.6) is 0 Å². The number of aliphatic hydroxyl groups is 1. The molecule has 0 radical (unpaired) electrons. The Morgan fingerprint density at radius 1 is 1.11 bits per heavy atom. The second kappa shape index (κ2) is 9.32. The van der Waals surface area contributed by atoms with E-state index in [-0.39, 0.29) is 5.56 Å². The molecule has 12 heteroatoms. The van der Waals surface area contributed by atoms with Crippen molar-refractivity contribution in [1.29, 1.82) is 0 Å². The maximum atomic E-state index is 15.3. The topological polar surface area (TPSA) is 83.9 Å². The Morgan fingerprint density at radius 3 is 2.30 bits per heavy atom. The number of hydrogen-bond acceptors (Lipinski definition) is 5. The SMILES string of the molecule is COC(=O)C1(c2cc(F)c(CN3[C@@H](C)CC[C@H](c4ccccc4)S3(=O)=O)cc2F)CC(O)(C(F)(F)F)C1. The van der Waals surface area contributed by atoms with Crippen molar-refractivity contribution >= 4 is 16.0 Å². The lowest BCUT2D eigenvalue weighted by Crippen LogP contribution is -2.65. The van der Waals surface area contributed by atoms with Crippen LogP contribution in [-0.4, -0.2) is 48.7 Å². The summed E-state index contributed by atoms with van der Waals surface area (Å²) < 4.78 is 103. The zero-order valence-electron chi connectivity index (χ0n) is 20.1. The molecular formula is C25H26F5NO5S. The molecule has 2 aromatic rings. The van der Waals surface area contributed by atoms with Crippen LogP contribution in [0.25, 0.3) is 0 Å². The van der Waals surface area contributed by atoms with Crippen molar-refractivity contribution in [3.8, 4) is 0 Å². The number of nitrogens with zero attached hydrogens (tertiary/aromatic N) is 1. The van der Waals surface area contributed by atoms with E-state index in [1.54, 1.807) is 37.3 Å². The smallest absolute Gasteiger partial charge is 0.417 e. The minimum absolute atomic E-state index is 0.337. The molecule has 1 saturated heterocycles. The molecule has 1 aliphatic carbocycles. The molecular weight excluding hydrogens is 521 g/mol. The predicted octanol–water partition coefficient (Wildman–Crippen LogP) is 4.52. The van der Waals surface area contributed by atoms with Crippen LogP contribution in [0, 0.1) is 11.6 Å². The predicted molar refractivity (Wildman–Crippen MR) is 123 cm³/mol. The summed E-state index contributed by atoms with van der Waals surface area (Å²) in [6.07, 6.45) is -6.73. The van der Waals surface area contributed by atoms with Crippen molar-refractivity contribution in [2.45, 2.75) is 67.6 Å². The third-order valence-electron chi connectivity index (χ3n) is 7.47. The quantitative estimate of drug-likeness (QED) is 0.440. The molecule has 2 atom stereocenters. The van der Waals surface area contributed by atoms with Gasteiger partial charge in [-0.15, -0.1) is 0 Å². The maximum absolute atomic E-state index is 15.3. The highest BCUT2D eigenvalue weighted by molar-refractivity contribution is 7.89. The van der Waals surface area contributed by atoms with Crippen LogP contribution >= 0.6 is 0 Å². The second-order valence-electron chi connectivity index (χ2n) is 9.80. The average Bonchev–Trinajstić information content (AvgIpc) is 2.80. The number of alkyl halides is 3. The minimum Gasteiger partial charge on any atom is -0.468 e. The minimum atomic E-state index is -5.09. The fourth-order valence-corrected chi connectivity index (χ4v) is 7.57. The van der Waals surface area contributed by atoms with Crippen LogP contribution in [0.1, 0.15) is 54.5 Å². The third-order valence-corrected chi connectivity index (χ3v) is 9.84. The molecule has 0 aromatic heterocycles. The Labute approximate surface area is 211 Å². The van der Waals surface area contributed by atoms with Crippen LogP contribution in [0.3, 0.4) is 0 Å². The van der Waals surface area contributed by atoms with Crippen molar-refractivity contribution in [2.24, 2.45) is 0 Å². The zero-order valence-corrected chi connectivity index (χ0v) is 20.9. The van der Waals surface area contributed by atoms with Crippen LogP contribution in [0.2, 0.25) is 0 Å². The molecule has 2 aromatic carbocycles. The average molecular weight is 548 g/mol. The van der Waals surface area contributed by atoms with Crippen LogP contribution in [0.15, 0.2) is 42.5 Å². The van der Waals surface area contributed by atoms with Gasteiger partial charge in [-0.25, -0.2) is 17.2 Å². The fourth-order valence-electron chi connectivity index (χ4n) is 5.38. The van der Waals surface area contributed by atoms with E-state index in [1.165, 1.54) is 0 Å². The van der Waals surface area contributed by atoms with E-state index in [0.29, 0.717) is 30.5 Å². The van der Waals surface area contributed by atoms with Crippen LogP contribution < -0.4 is 0 Å². The highest BCUT2D eigenvalue weighted by Gasteiger charge is 2.71. The summed E-state index contributed by atoms with van der Waals surface area (Å²) in [5.41, 5.74) is -5.96. The molecule has 0 amide bonds. The summed E-state index contributed by atoms with van der Waals surface area (Å²) in [7, 11) is -3.07. The van der Waals surface area contributed by atoms with Crippen molar-refractivity contribution in [3.63, 3.8) is 0 Å². The lowest BCUT2D eigenvalue weighted by Gasteiger charge is -2.51. The number of benzene rings is 2. The Morgan fingerprint density at radius 2 is 1.73 bits per heavy atom. The summed E-state index contributed by atoms with van der Waals surface area (Å²) in [5.74, 6) is -3.54. The van der Waals surface area contributed by atoms with E-state index >= 15 is 8.78 Å². The molecule has 1 aliphatic heterocycles. The first-order valence-corrected chi connectivity index (χ1v) is 13.1. The fraction of sp³-hybridized carbons (Fsp3) is 0.480.